The summed E-state index contributed by atoms with van der Waals surface area (Å²) >= 11 is 0. The minimum absolute atomic E-state index is 0.114. The van der Waals surface area contributed by atoms with Gasteiger partial charge in [0.2, 0.25) is 0 Å². The van der Waals surface area contributed by atoms with E-state index in [0.717, 1.165) is 12.2 Å². The zero-order valence-electron chi connectivity index (χ0n) is 12.4. The number of carbonyl (C=O) groups excluding carboxylic acids is 1. The summed E-state index contributed by atoms with van der Waals surface area (Å²) in [5.41, 5.74) is 0.566. The highest BCUT2D eigenvalue weighted by Gasteiger charge is 2.35. The van der Waals surface area contributed by atoms with E-state index in [2.05, 4.69) is 0 Å². The first-order valence-corrected chi connectivity index (χ1v) is 7.31. The number of ether oxygens (including phenoxy) is 1. The molecule has 2 atom stereocenters. The summed E-state index contributed by atoms with van der Waals surface area (Å²) in [5, 5.41) is 9.22. The van der Waals surface area contributed by atoms with Gasteiger partial charge in [-0.3, -0.25) is 9.59 Å². The van der Waals surface area contributed by atoms with Crippen LogP contribution in [0.5, 0.6) is 5.75 Å². The van der Waals surface area contributed by atoms with E-state index in [9.17, 15) is 14.7 Å². The maximum absolute atomic E-state index is 12.5. The van der Waals surface area contributed by atoms with Crippen molar-refractivity contribution in [2.24, 2.45) is 5.92 Å². The van der Waals surface area contributed by atoms with E-state index in [-0.39, 0.29) is 11.9 Å². The lowest BCUT2D eigenvalue weighted by atomic mass is 9.90. The number of rotatable bonds is 4. The third-order valence-corrected chi connectivity index (χ3v) is 3.98. The molecule has 0 aromatic heterocycles. The van der Waals surface area contributed by atoms with Gasteiger partial charge in [-0.15, -0.1) is 0 Å². The van der Waals surface area contributed by atoms with E-state index < -0.39 is 11.9 Å². The van der Waals surface area contributed by atoms with Crippen LogP contribution < -0.4 is 4.74 Å². The van der Waals surface area contributed by atoms with E-state index >= 15 is 0 Å². The van der Waals surface area contributed by atoms with Gasteiger partial charge in [0.05, 0.1) is 12.5 Å². The summed E-state index contributed by atoms with van der Waals surface area (Å²) in [5.74, 6) is -0.697. The van der Waals surface area contributed by atoms with Crippen molar-refractivity contribution in [2.45, 2.75) is 32.7 Å². The molecule has 5 nitrogen and oxygen atoms in total. The van der Waals surface area contributed by atoms with E-state index in [1.807, 2.05) is 13.8 Å². The van der Waals surface area contributed by atoms with Gasteiger partial charge < -0.3 is 14.7 Å². The van der Waals surface area contributed by atoms with Crippen molar-refractivity contribution >= 4 is 11.9 Å². The van der Waals surface area contributed by atoms with Crippen molar-refractivity contribution in [3.63, 3.8) is 0 Å². The summed E-state index contributed by atoms with van der Waals surface area (Å²) in [7, 11) is 0. The molecule has 0 spiro atoms. The average Bonchev–Trinajstić information content (AvgIpc) is 2.47. The Morgan fingerprint density at radius 1 is 1.33 bits per heavy atom. The minimum Gasteiger partial charge on any atom is -0.494 e. The molecule has 1 saturated heterocycles. The SMILES string of the molecule is CCOc1ccc(C(=O)N2CCC[C@H](C(=O)O)[C@@H]2C)cc1. The number of aliphatic carboxylic acids is 1. The number of nitrogens with zero attached hydrogens (tertiary/aromatic N) is 1. The smallest absolute Gasteiger partial charge is 0.308 e. The molecular weight excluding hydrogens is 270 g/mol. The Labute approximate surface area is 124 Å². The first kappa shape index (κ1) is 15.4. The van der Waals surface area contributed by atoms with Crippen LogP contribution in [0.3, 0.4) is 0 Å². The minimum atomic E-state index is -0.827. The predicted octanol–water partition coefficient (Wildman–Crippen LogP) is 2.41. The molecule has 1 aliphatic heterocycles. The van der Waals surface area contributed by atoms with Crippen LogP contribution >= 0.6 is 0 Å². The number of carboxylic acid groups (broad SMARTS) is 1. The topological polar surface area (TPSA) is 66.8 Å². The predicted molar refractivity (Wildman–Crippen MR) is 78.5 cm³/mol. The van der Waals surface area contributed by atoms with Crippen LogP contribution in [-0.4, -0.2) is 41.1 Å². The lowest BCUT2D eigenvalue weighted by Gasteiger charge is -2.37. The number of hydrogen-bond acceptors (Lipinski definition) is 3. The lowest BCUT2D eigenvalue weighted by molar-refractivity contribution is -0.144. The average molecular weight is 291 g/mol. The molecule has 0 saturated carbocycles. The zero-order chi connectivity index (χ0) is 15.4. The van der Waals surface area contributed by atoms with E-state index in [0.29, 0.717) is 25.1 Å². The number of hydrogen-bond donors (Lipinski definition) is 1. The molecule has 0 radical (unpaired) electrons. The Kier molecular flexibility index (Phi) is 4.83. The second-order valence-corrected chi connectivity index (χ2v) is 5.28. The summed E-state index contributed by atoms with van der Waals surface area (Å²) in [6.45, 7) is 4.90. The van der Waals surface area contributed by atoms with Crippen LogP contribution in [0.25, 0.3) is 0 Å². The number of amides is 1. The molecule has 2 rings (SSSR count). The van der Waals surface area contributed by atoms with Gasteiger partial charge in [-0.05, 0) is 51.0 Å². The molecular formula is C16H21NO4. The Morgan fingerprint density at radius 3 is 2.57 bits per heavy atom. The lowest BCUT2D eigenvalue weighted by Crippen LogP contribution is -2.49. The highest BCUT2D eigenvalue weighted by atomic mass is 16.5. The highest BCUT2D eigenvalue weighted by Crippen LogP contribution is 2.25. The van der Waals surface area contributed by atoms with E-state index in [4.69, 9.17) is 4.74 Å². The number of likely N-dealkylation sites (tertiary alicyclic amines) is 1. The Bertz CT molecular complexity index is 512. The van der Waals surface area contributed by atoms with Crippen LogP contribution in [-0.2, 0) is 4.79 Å². The van der Waals surface area contributed by atoms with Crippen molar-refractivity contribution in [2.75, 3.05) is 13.2 Å². The molecule has 1 aromatic rings. The van der Waals surface area contributed by atoms with Crippen molar-refractivity contribution < 1.29 is 19.4 Å². The summed E-state index contributed by atoms with van der Waals surface area (Å²) in [6.07, 6.45) is 1.35. The molecule has 21 heavy (non-hydrogen) atoms. The van der Waals surface area contributed by atoms with Gasteiger partial charge >= 0.3 is 5.97 Å². The Hall–Kier alpha value is -2.04. The summed E-state index contributed by atoms with van der Waals surface area (Å²) < 4.78 is 5.35. The fourth-order valence-corrected chi connectivity index (χ4v) is 2.79. The quantitative estimate of drug-likeness (QED) is 0.925. The molecule has 5 heteroatoms. The van der Waals surface area contributed by atoms with Gasteiger partial charge in [0.1, 0.15) is 5.75 Å². The molecule has 0 aliphatic carbocycles. The summed E-state index contributed by atoms with van der Waals surface area (Å²) in [6, 6.07) is 6.70. The van der Waals surface area contributed by atoms with Gasteiger partial charge in [-0.1, -0.05) is 0 Å². The molecule has 0 bridgehead atoms. The third-order valence-electron chi connectivity index (χ3n) is 3.98. The van der Waals surface area contributed by atoms with Gasteiger partial charge in [-0.25, -0.2) is 0 Å². The van der Waals surface area contributed by atoms with Gasteiger partial charge in [-0.2, -0.15) is 0 Å². The number of piperidine rings is 1. The van der Waals surface area contributed by atoms with Crippen LogP contribution in [0, 0.1) is 5.92 Å². The second-order valence-electron chi connectivity index (χ2n) is 5.28. The third kappa shape index (κ3) is 3.35. The van der Waals surface area contributed by atoms with E-state index in [1.165, 1.54) is 0 Å². The molecule has 1 N–H and O–H groups in total. The summed E-state index contributed by atoms with van der Waals surface area (Å²) in [4.78, 5) is 25.4. The maximum Gasteiger partial charge on any atom is 0.308 e. The van der Waals surface area contributed by atoms with E-state index in [1.54, 1.807) is 29.2 Å². The van der Waals surface area contributed by atoms with Gasteiger partial charge in [0, 0.05) is 18.2 Å². The van der Waals surface area contributed by atoms with Crippen LogP contribution in [0.4, 0.5) is 0 Å². The highest BCUT2D eigenvalue weighted by molar-refractivity contribution is 5.95. The standard InChI is InChI=1S/C16H21NO4/c1-3-21-13-8-6-12(7-9-13)15(18)17-10-4-5-14(11(17)2)16(19)20/h6-9,11,14H,3-5,10H2,1-2H3,(H,19,20)/t11-,14-/m0/s1. The van der Waals surface area contributed by atoms with Crippen molar-refractivity contribution in [1.82, 2.24) is 4.90 Å². The first-order chi connectivity index (χ1) is 10.0. The van der Waals surface area contributed by atoms with Crippen molar-refractivity contribution in [3.05, 3.63) is 29.8 Å². The van der Waals surface area contributed by atoms with Gasteiger partial charge in [0.15, 0.2) is 0 Å². The number of carboxylic acids is 1. The first-order valence-electron chi connectivity index (χ1n) is 7.31. The van der Waals surface area contributed by atoms with Crippen molar-refractivity contribution in [3.8, 4) is 5.75 Å². The second kappa shape index (κ2) is 6.61. The maximum atomic E-state index is 12.5. The molecule has 114 valence electrons. The van der Waals surface area contributed by atoms with Crippen LogP contribution in [0.1, 0.15) is 37.0 Å². The number of carbonyl (C=O) groups is 2. The largest absolute Gasteiger partial charge is 0.494 e. The monoisotopic (exact) mass is 291 g/mol. The molecule has 0 unspecified atom stereocenters. The Morgan fingerprint density at radius 2 is 2.00 bits per heavy atom. The Balaban J connectivity index is 2.13. The van der Waals surface area contributed by atoms with Crippen molar-refractivity contribution in [1.29, 1.82) is 0 Å². The number of benzene rings is 1. The molecule has 1 aliphatic rings. The molecule has 1 heterocycles. The molecule has 1 aromatic carbocycles. The zero-order valence-corrected chi connectivity index (χ0v) is 12.4. The fourth-order valence-electron chi connectivity index (χ4n) is 2.79. The van der Waals surface area contributed by atoms with Gasteiger partial charge in [0.25, 0.3) is 5.91 Å². The molecule has 1 amide bonds. The fraction of sp³-hybridized carbons (Fsp3) is 0.500. The van der Waals surface area contributed by atoms with Crippen LogP contribution in [0.2, 0.25) is 0 Å². The normalized spacial score (nSPS) is 21.9. The van der Waals surface area contributed by atoms with Crippen LogP contribution in [0.15, 0.2) is 24.3 Å². The molecule has 1 fully saturated rings.